The van der Waals surface area contributed by atoms with E-state index in [9.17, 15) is 9.59 Å². The summed E-state index contributed by atoms with van der Waals surface area (Å²) in [4.78, 5) is 24.8. The Balaban J connectivity index is 1.53. The Bertz CT molecular complexity index is 1070. The van der Waals surface area contributed by atoms with E-state index in [2.05, 4.69) is 10.5 Å². The molecule has 0 bridgehead atoms. The summed E-state index contributed by atoms with van der Waals surface area (Å²) in [6, 6.07) is 15.0. The number of esters is 1. The Morgan fingerprint density at radius 1 is 1.16 bits per heavy atom. The van der Waals surface area contributed by atoms with Crippen molar-refractivity contribution in [3.05, 3.63) is 80.5 Å². The Morgan fingerprint density at radius 2 is 1.94 bits per heavy atom. The maximum atomic E-state index is 12.4. The number of hydrazone groups is 1. The highest BCUT2D eigenvalue weighted by Gasteiger charge is 2.19. The van der Waals surface area contributed by atoms with Crippen molar-refractivity contribution < 1.29 is 19.1 Å². The maximum absolute atomic E-state index is 12.4. The van der Waals surface area contributed by atoms with Gasteiger partial charge in [0.2, 0.25) is 0 Å². The molecule has 3 rings (SSSR count). The normalized spacial score (nSPS) is 11.8. The summed E-state index contributed by atoms with van der Waals surface area (Å²) < 4.78 is 11.0. The molecular weight excluding hydrogens is 459 g/mol. The molecule has 0 spiro atoms. The Labute approximate surface area is 193 Å². The smallest absolute Gasteiger partial charge is 0.353 e. The van der Waals surface area contributed by atoms with E-state index in [1.807, 2.05) is 12.3 Å². The van der Waals surface area contributed by atoms with Crippen LogP contribution in [0.3, 0.4) is 0 Å². The number of hydrogen-bond acceptors (Lipinski definition) is 6. The molecule has 1 aromatic heterocycles. The molecule has 0 aliphatic heterocycles. The van der Waals surface area contributed by atoms with E-state index in [-0.39, 0.29) is 0 Å². The van der Waals surface area contributed by atoms with E-state index in [1.165, 1.54) is 17.6 Å². The van der Waals surface area contributed by atoms with Gasteiger partial charge in [-0.05, 0) is 65.9 Å². The first-order chi connectivity index (χ1) is 15.0. The highest BCUT2D eigenvalue weighted by molar-refractivity contribution is 7.12. The predicted molar refractivity (Wildman–Crippen MR) is 123 cm³/mol. The van der Waals surface area contributed by atoms with E-state index in [0.717, 1.165) is 0 Å². The van der Waals surface area contributed by atoms with Crippen molar-refractivity contribution in [2.75, 3.05) is 0 Å². The number of hydrogen-bond donors (Lipinski definition) is 1. The quantitative estimate of drug-likeness (QED) is 0.199. The monoisotopic (exact) mass is 476 g/mol. The molecule has 0 aliphatic rings. The number of carbonyl (C=O) groups is 2. The molecule has 2 aromatic carbocycles. The Kier molecular flexibility index (Phi) is 8.06. The average molecular weight is 477 g/mol. The van der Waals surface area contributed by atoms with Crippen molar-refractivity contribution >= 4 is 52.6 Å². The minimum absolute atomic E-state index is 0.321. The van der Waals surface area contributed by atoms with Crippen molar-refractivity contribution in [1.29, 1.82) is 0 Å². The second kappa shape index (κ2) is 10.9. The minimum Gasteiger partial charge on any atom is -0.479 e. The molecule has 3 aromatic rings. The van der Waals surface area contributed by atoms with Crippen LogP contribution in [0, 0.1) is 0 Å². The first kappa shape index (κ1) is 22.8. The van der Waals surface area contributed by atoms with E-state index < -0.39 is 18.0 Å². The number of nitrogens with one attached hydrogen (secondary N) is 1. The largest absolute Gasteiger partial charge is 0.479 e. The van der Waals surface area contributed by atoms with Crippen LogP contribution in [0.1, 0.15) is 28.6 Å². The third kappa shape index (κ3) is 6.55. The zero-order chi connectivity index (χ0) is 22.2. The maximum Gasteiger partial charge on any atom is 0.353 e. The summed E-state index contributed by atoms with van der Waals surface area (Å²) in [5.74, 6) is -0.0371. The highest BCUT2D eigenvalue weighted by atomic mass is 35.5. The molecule has 0 unspecified atom stereocenters. The van der Waals surface area contributed by atoms with Crippen LogP contribution in [-0.2, 0) is 4.79 Å². The third-order valence-electron chi connectivity index (χ3n) is 4.03. The second-order valence-electron chi connectivity index (χ2n) is 6.26. The second-order valence-corrected chi connectivity index (χ2v) is 8.05. The molecule has 0 saturated heterocycles. The van der Waals surface area contributed by atoms with Gasteiger partial charge in [-0.1, -0.05) is 36.2 Å². The van der Waals surface area contributed by atoms with Gasteiger partial charge in [0.15, 0.2) is 6.10 Å². The number of benzene rings is 2. The van der Waals surface area contributed by atoms with Gasteiger partial charge >= 0.3 is 5.97 Å². The molecule has 1 amide bonds. The van der Waals surface area contributed by atoms with Crippen LogP contribution in [0.5, 0.6) is 11.5 Å². The lowest BCUT2D eigenvalue weighted by atomic mass is 10.2. The molecule has 9 heteroatoms. The average Bonchev–Trinajstić information content (AvgIpc) is 3.29. The number of halogens is 2. The van der Waals surface area contributed by atoms with Gasteiger partial charge in [-0.15, -0.1) is 11.3 Å². The fourth-order valence-electron chi connectivity index (χ4n) is 2.46. The van der Waals surface area contributed by atoms with E-state index in [4.69, 9.17) is 32.7 Å². The van der Waals surface area contributed by atoms with Crippen molar-refractivity contribution in [2.24, 2.45) is 5.10 Å². The minimum atomic E-state index is -0.769. The van der Waals surface area contributed by atoms with E-state index in [1.54, 1.807) is 54.6 Å². The first-order valence-corrected chi connectivity index (χ1v) is 10.9. The molecule has 1 heterocycles. The van der Waals surface area contributed by atoms with Crippen LogP contribution in [0.4, 0.5) is 0 Å². The van der Waals surface area contributed by atoms with Gasteiger partial charge in [-0.2, -0.15) is 5.10 Å². The molecule has 0 radical (unpaired) electrons. The van der Waals surface area contributed by atoms with Crippen molar-refractivity contribution in [3.8, 4) is 11.5 Å². The summed E-state index contributed by atoms with van der Waals surface area (Å²) in [5, 5.41) is 6.56. The predicted octanol–water partition coefficient (Wildman–Crippen LogP) is 5.58. The topological polar surface area (TPSA) is 77.0 Å². The lowest BCUT2D eigenvalue weighted by Crippen LogP contribution is -2.35. The summed E-state index contributed by atoms with van der Waals surface area (Å²) in [6.45, 7) is 1.81. The van der Waals surface area contributed by atoms with Gasteiger partial charge < -0.3 is 9.47 Å². The van der Waals surface area contributed by atoms with Gasteiger partial charge in [0.05, 0.1) is 11.2 Å². The number of carbonyl (C=O) groups excluding carboxylic acids is 2. The summed E-state index contributed by atoms with van der Waals surface area (Å²) in [7, 11) is 0. The molecule has 6 nitrogen and oxygen atoms in total. The van der Waals surface area contributed by atoms with Gasteiger partial charge in [-0.25, -0.2) is 10.2 Å². The molecular formula is C22H18Cl2N2O4S. The Morgan fingerprint density at radius 3 is 2.58 bits per heavy atom. The van der Waals surface area contributed by atoms with Crippen LogP contribution in [0.2, 0.25) is 10.0 Å². The third-order valence-corrected chi connectivity index (χ3v) is 5.41. The molecule has 1 atom stereocenters. The van der Waals surface area contributed by atoms with Crippen LogP contribution >= 0.6 is 34.5 Å². The van der Waals surface area contributed by atoms with Crippen LogP contribution in [0.25, 0.3) is 0 Å². The number of nitrogens with zero attached hydrogens (tertiary/aromatic N) is 1. The number of ether oxygens (including phenoxy) is 2. The number of thiophene rings is 1. The first-order valence-electron chi connectivity index (χ1n) is 9.26. The van der Waals surface area contributed by atoms with Gasteiger partial charge in [0.1, 0.15) is 16.4 Å². The van der Waals surface area contributed by atoms with Crippen molar-refractivity contribution in [3.63, 3.8) is 0 Å². The van der Waals surface area contributed by atoms with Crippen LogP contribution < -0.4 is 14.9 Å². The molecule has 1 N–H and O–H groups in total. The molecule has 0 fully saturated rings. The molecule has 0 saturated carbocycles. The zero-order valence-electron chi connectivity index (χ0n) is 16.4. The number of amides is 1. The lowest BCUT2D eigenvalue weighted by Gasteiger charge is -2.16. The van der Waals surface area contributed by atoms with Crippen LogP contribution in [0.15, 0.2) is 65.1 Å². The fourth-order valence-corrected chi connectivity index (χ4v) is 3.51. The summed E-state index contributed by atoms with van der Waals surface area (Å²) in [5.41, 5.74) is 3.16. The van der Waals surface area contributed by atoms with Crippen molar-refractivity contribution in [2.45, 2.75) is 19.4 Å². The lowest BCUT2D eigenvalue weighted by molar-refractivity contribution is -0.128. The number of rotatable bonds is 8. The summed E-state index contributed by atoms with van der Waals surface area (Å²) in [6.07, 6.45) is 1.13. The van der Waals surface area contributed by atoms with E-state index in [0.29, 0.717) is 38.4 Å². The Hall–Kier alpha value is -2.87. The van der Waals surface area contributed by atoms with Crippen LogP contribution in [-0.4, -0.2) is 24.2 Å². The fraction of sp³-hybridized carbons (Fsp3) is 0.136. The van der Waals surface area contributed by atoms with Gasteiger partial charge in [0, 0.05) is 5.02 Å². The molecule has 0 aliphatic carbocycles. The highest BCUT2D eigenvalue weighted by Crippen LogP contribution is 2.28. The zero-order valence-corrected chi connectivity index (χ0v) is 18.7. The summed E-state index contributed by atoms with van der Waals surface area (Å²) >= 11 is 13.3. The van der Waals surface area contributed by atoms with Gasteiger partial charge in [0.25, 0.3) is 5.91 Å². The molecule has 31 heavy (non-hydrogen) atoms. The SMILES string of the molecule is CC[C@H](Oc1ccc(Cl)cc1Cl)C(=O)N/N=C\c1ccc(OC(=O)c2cccs2)cc1. The van der Waals surface area contributed by atoms with Crippen molar-refractivity contribution in [1.82, 2.24) is 5.43 Å². The van der Waals surface area contributed by atoms with Gasteiger partial charge in [-0.3, -0.25) is 4.79 Å². The van der Waals surface area contributed by atoms with E-state index >= 15 is 0 Å². The molecule has 160 valence electrons. The standard InChI is InChI=1S/C22H18Cl2N2O4S/c1-2-18(30-19-10-7-15(23)12-17(19)24)21(27)26-25-13-14-5-8-16(9-6-14)29-22(28)20-4-3-11-31-20/h3-13,18H,2H2,1H3,(H,26,27)/b25-13-/t18-/m0/s1.